The largest absolute Gasteiger partial charge is 0.396 e. The fraction of sp³-hybridized carbons (Fsp3) is 1.00. The molecule has 1 aliphatic rings. The number of rotatable bonds is 5. The maximum atomic E-state index is 9.39. The van der Waals surface area contributed by atoms with Crippen molar-refractivity contribution in [1.29, 1.82) is 0 Å². The molecular weight excluding hydrogens is 182 g/mol. The quantitative estimate of drug-likeness (QED) is 0.664. The third kappa shape index (κ3) is 3.49. The summed E-state index contributed by atoms with van der Waals surface area (Å²) in [6.45, 7) is 4.68. The molecule has 2 nitrogen and oxygen atoms in total. The van der Waals surface area contributed by atoms with Crippen molar-refractivity contribution >= 4 is 11.8 Å². The van der Waals surface area contributed by atoms with Gasteiger partial charge in [0.15, 0.2) is 0 Å². The first kappa shape index (κ1) is 11.3. The molecule has 0 aromatic rings. The Kier molecular flexibility index (Phi) is 5.14. The zero-order valence-corrected chi connectivity index (χ0v) is 9.33. The molecule has 0 aromatic carbocycles. The maximum Gasteiger partial charge on any atom is 0.0499 e. The van der Waals surface area contributed by atoms with Gasteiger partial charge in [0.05, 0.1) is 0 Å². The number of piperidine rings is 1. The minimum atomic E-state index is 0.195. The average Bonchev–Trinajstić information content (AvgIpc) is 2.20. The number of nitrogens with one attached hydrogen (secondary N) is 1. The van der Waals surface area contributed by atoms with Gasteiger partial charge in [-0.25, -0.2) is 0 Å². The van der Waals surface area contributed by atoms with Gasteiger partial charge in [0, 0.05) is 18.6 Å². The highest BCUT2D eigenvalue weighted by Crippen LogP contribution is 2.30. The highest BCUT2D eigenvalue weighted by atomic mass is 32.2. The summed E-state index contributed by atoms with van der Waals surface area (Å²) in [4.78, 5) is 0. The number of hydrogen-bond donors (Lipinski definition) is 2. The second-order valence-corrected chi connectivity index (χ2v) is 5.28. The third-order valence-electron chi connectivity index (χ3n) is 2.88. The molecule has 2 N–H and O–H groups in total. The molecule has 1 unspecified atom stereocenters. The van der Waals surface area contributed by atoms with Crippen molar-refractivity contribution in [3.05, 3.63) is 0 Å². The topological polar surface area (TPSA) is 32.3 Å². The molecule has 0 aliphatic carbocycles. The van der Waals surface area contributed by atoms with Crippen LogP contribution in [0.5, 0.6) is 0 Å². The van der Waals surface area contributed by atoms with Gasteiger partial charge < -0.3 is 10.4 Å². The van der Waals surface area contributed by atoms with E-state index in [0.717, 1.165) is 19.5 Å². The standard InChI is InChI=1S/C10H21NOS/c1-2-13-7-5-10(9-12)4-3-6-11-8-10/h11-12H,2-9H2,1H3. The Bertz CT molecular complexity index is 135. The van der Waals surface area contributed by atoms with Crippen LogP contribution in [0.3, 0.4) is 0 Å². The van der Waals surface area contributed by atoms with Crippen molar-refractivity contribution in [3.63, 3.8) is 0 Å². The average molecular weight is 203 g/mol. The highest BCUT2D eigenvalue weighted by molar-refractivity contribution is 7.99. The van der Waals surface area contributed by atoms with E-state index < -0.39 is 0 Å². The van der Waals surface area contributed by atoms with Crippen LogP contribution in [0, 0.1) is 5.41 Å². The molecule has 0 aromatic heterocycles. The van der Waals surface area contributed by atoms with Crippen molar-refractivity contribution in [2.24, 2.45) is 5.41 Å². The summed E-state index contributed by atoms with van der Waals surface area (Å²) in [5.74, 6) is 2.38. The van der Waals surface area contributed by atoms with E-state index in [1.165, 1.54) is 24.3 Å². The van der Waals surface area contributed by atoms with Crippen LogP contribution in [0.15, 0.2) is 0 Å². The Morgan fingerprint density at radius 3 is 2.92 bits per heavy atom. The van der Waals surface area contributed by atoms with Crippen LogP contribution in [0.25, 0.3) is 0 Å². The molecule has 78 valence electrons. The van der Waals surface area contributed by atoms with Crippen LogP contribution < -0.4 is 5.32 Å². The molecule has 1 heterocycles. The Morgan fingerprint density at radius 1 is 1.54 bits per heavy atom. The molecule has 13 heavy (non-hydrogen) atoms. The zero-order valence-electron chi connectivity index (χ0n) is 8.51. The second kappa shape index (κ2) is 5.89. The SMILES string of the molecule is CCSCCC1(CO)CCCNC1. The summed E-state index contributed by atoms with van der Waals surface area (Å²) in [5, 5.41) is 12.8. The van der Waals surface area contributed by atoms with Gasteiger partial charge in [0.1, 0.15) is 0 Å². The molecule has 1 saturated heterocycles. The lowest BCUT2D eigenvalue weighted by Crippen LogP contribution is -2.42. The van der Waals surface area contributed by atoms with E-state index in [4.69, 9.17) is 0 Å². The molecule has 1 aliphatic heterocycles. The number of aliphatic hydroxyl groups is 1. The number of aliphatic hydroxyl groups excluding tert-OH is 1. The predicted molar refractivity (Wildman–Crippen MR) is 59.2 cm³/mol. The Hall–Kier alpha value is 0.270. The Balaban J connectivity index is 2.29. The summed E-state index contributed by atoms with van der Waals surface area (Å²) in [6.07, 6.45) is 3.58. The van der Waals surface area contributed by atoms with Gasteiger partial charge in [-0.15, -0.1) is 0 Å². The van der Waals surface area contributed by atoms with Crippen molar-refractivity contribution < 1.29 is 5.11 Å². The van der Waals surface area contributed by atoms with Gasteiger partial charge in [-0.1, -0.05) is 6.92 Å². The van der Waals surface area contributed by atoms with Gasteiger partial charge in [0.2, 0.25) is 0 Å². The fourth-order valence-electron chi connectivity index (χ4n) is 1.89. The van der Waals surface area contributed by atoms with E-state index >= 15 is 0 Å². The monoisotopic (exact) mass is 203 g/mol. The molecule has 0 radical (unpaired) electrons. The summed E-state index contributed by atoms with van der Waals surface area (Å²) in [6, 6.07) is 0. The van der Waals surface area contributed by atoms with Crippen LogP contribution in [0.2, 0.25) is 0 Å². The van der Waals surface area contributed by atoms with Gasteiger partial charge in [0.25, 0.3) is 0 Å². The van der Waals surface area contributed by atoms with Crippen LogP contribution in [0.4, 0.5) is 0 Å². The van der Waals surface area contributed by atoms with E-state index in [2.05, 4.69) is 12.2 Å². The van der Waals surface area contributed by atoms with Crippen molar-refractivity contribution in [2.75, 3.05) is 31.2 Å². The van der Waals surface area contributed by atoms with Gasteiger partial charge in [-0.2, -0.15) is 11.8 Å². The van der Waals surface area contributed by atoms with Crippen LogP contribution >= 0.6 is 11.8 Å². The lowest BCUT2D eigenvalue weighted by molar-refractivity contribution is 0.0920. The zero-order chi connectivity index (χ0) is 9.57. The minimum absolute atomic E-state index is 0.195. The maximum absolute atomic E-state index is 9.39. The van der Waals surface area contributed by atoms with E-state index in [1.54, 1.807) is 0 Å². The Morgan fingerprint density at radius 2 is 2.38 bits per heavy atom. The van der Waals surface area contributed by atoms with E-state index in [0.29, 0.717) is 6.61 Å². The molecule has 1 fully saturated rings. The normalized spacial score (nSPS) is 29.1. The molecule has 1 atom stereocenters. The first-order valence-electron chi connectivity index (χ1n) is 5.22. The van der Waals surface area contributed by atoms with Crippen molar-refractivity contribution in [1.82, 2.24) is 5.32 Å². The molecule has 0 spiro atoms. The second-order valence-electron chi connectivity index (χ2n) is 3.89. The summed E-state index contributed by atoms with van der Waals surface area (Å²) >= 11 is 1.98. The highest BCUT2D eigenvalue weighted by Gasteiger charge is 2.30. The molecule has 0 amide bonds. The smallest absolute Gasteiger partial charge is 0.0499 e. The summed E-state index contributed by atoms with van der Waals surface area (Å²) in [5.41, 5.74) is 0.195. The van der Waals surface area contributed by atoms with E-state index in [9.17, 15) is 5.11 Å². The minimum Gasteiger partial charge on any atom is -0.396 e. The lowest BCUT2D eigenvalue weighted by Gasteiger charge is -2.36. The number of hydrogen-bond acceptors (Lipinski definition) is 3. The predicted octanol–water partition coefficient (Wildman–Crippen LogP) is 1.49. The molecule has 3 heteroatoms. The first-order chi connectivity index (χ1) is 6.33. The summed E-state index contributed by atoms with van der Waals surface area (Å²) < 4.78 is 0. The van der Waals surface area contributed by atoms with Crippen molar-refractivity contribution in [3.8, 4) is 0 Å². The van der Waals surface area contributed by atoms with Crippen LogP contribution in [0.1, 0.15) is 26.2 Å². The van der Waals surface area contributed by atoms with Gasteiger partial charge in [-0.3, -0.25) is 0 Å². The van der Waals surface area contributed by atoms with Crippen LogP contribution in [-0.4, -0.2) is 36.3 Å². The first-order valence-corrected chi connectivity index (χ1v) is 6.38. The third-order valence-corrected chi connectivity index (χ3v) is 3.78. The fourth-order valence-corrected chi connectivity index (χ4v) is 2.76. The van der Waals surface area contributed by atoms with E-state index in [-0.39, 0.29) is 5.41 Å². The Labute approximate surface area is 85.5 Å². The molecular formula is C10H21NOS. The molecule has 0 saturated carbocycles. The van der Waals surface area contributed by atoms with Crippen molar-refractivity contribution in [2.45, 2.75) is 26.2 Å². The lowest BCUT2D eigenvalue weighted by atomic mass is 9.79. The van der Waals surface area contributed by atoms with Gasteiger partial charge in [-0.05, 0) is 37.3 Å². The number of thioether (sulfide) groups is 1. The summed E-state index contributed by atoms with van der Waals surface area (Å²) in [7, 11) is 0. The molecule has 0 bridgehead atoms. The van der Waals surface area contributed by atoms with Crippen LogP contribution in [-0.2, 0) is 0 Å². The van der Waals surface area contributed by atoms with Gasteiger partial charge >= 0.3 is 0 Å². The molecule has 1 rings (SSSR count). The van der Waals surface area contributed by atoms with E-state index in [1.807, 2.05) is 11.8 Å².